The average molecular weight is 501 g/mol. The molecular weight excluding hydrogens is 484 g/mol. The van der Waals surface area contributed by atoms with Crippen molar-refractivity contribution in [1.29, 1.82) is 0 Å². The molecule has 1 aromatic carbocycles. The summed E-state index contributed by atoms with van der Waals surface area (Å²) in [5.41, 5.74) is -0.154. The molecule has 0 atom stereocenters. The van der Waals surface area contributed by atoms with E-state index in [2.05, 4.69) is 25.5 Å². The number of benzene rings is 1. The first-order valence-electron chi connectivity index (χ1n) is 9.84. The lowest BCUT2D eigenvalue weighted by atomic mass is 9.94. The van der Waals surface area contributed by atoms with Gasteiger partial charge >= 0.3 is 6.18 Å². The summed E-state index contributed by atoms with van der Waals surface area (Å²) in [6.07, 6.45) is -1.48. The van der Waals surface area contributed by atoms with E-state index in [1.807, 2.05) is 0 Å². The standard InChI is InChI=1S/C20H16ClF3N6O2.ClH/c21-11-1-2-14(20(22,23)24)12(7-11)17-28-19(32-29-17)13-9-26-30-15(8-16(31)27-18(13)30)10-3-5-25-6-4-10;/h1-2,7-10,25H,3-6H2,(H,27,31);1H. The molecule has 33 heavy (non-hydrogen) atoms. The average Bonchev–Trinajstić information content (AvgIpc) is 3.40. The number of fused-ring (bicyclic) bond motifs is 1. The molecule has 0 spiro atoms. The van der Waals surface area contributed by atoms with Gasteiger partial charge in [-0.05, 0) is 44.1 Å². The number of aromatic amines is 1. The lowest BCUT2D eigenvalue weighted by molar-refractivity contribution is -0.137. The van der Waals surface area contributed by atoms with Crippen LogP contribution in [0.4, 0.5) is 13.2 Å². The first kappa shape index (κ1) is 23.3. The van der Waals surface area contributed by atoms with Gasteiger partial charge in [-0.3, -0.25) is 4.79 Å². The van der Waals surface area contributed by atoms with Crippen molar-refractivity contribution in [3.05, 3.63) is 57.1 Å². The fourth-order valence-electron chi connectivity index (χ4n) is 3.97. The van der Waals surface area contributed by atoms with Crippen LogP contribution in [0.5, 0.6) is 0 Å². The zero-order valence-corrected chi connectivity index (χ0v) is 18.4. The molecule has 0 aliphatic carbocycles. The minimum atomic E-state index is -4.62. The molecule has 5 rings (SSSR count). The van der Waals surface area contributed by atoms with E-state index in [0.717, 1.165) is 49.8 Å². The molecule has 1 saturated heterocycles. The summed E-state index contributed by atoms with van der Waals surface area (Å²) in [5.74, 6) is -0.194. The zero-order chi connectivity index (χ0) is 22.5. The molecule has 0 amide bonds. The first-order valence-corrected chi connectivity index (χ1v) is 10.2. The maximum Gasteiger partial charge on any atom is 0.417 e. The van der Waals surface area contributed by atoms with Crippen LogP contribution in [0, 0.1) is 0 Å². The van der Waals surface area contributed by atoms with Crippen LogP contribution in [0.3, 0.4) is 0 Å². The molecule has 1 fully saturated rings. The minimum Gasteiger partial charge on any atom is -0.333 e. The van der Waals surface area contributed by atoms with E-state index >= 15 is 0 Å². The topological polar surface area (TPSA) is 101 Å². The van der Waals surface area contributed by atoms with Crippen molar-refractivity contribution in [2.75, 3.05) is 13.1 Å². The number of H-pyrrole nitrogens is 1. The Morgan fingerprint density at radius 3 is 2.64 bits per heavy atom. The fourth-order valence-corrected chi connectivity index (χ4v) is 4.14. The smallest absolute Gasteiger partial charge is 0.333 e. The van der Waals surface area contributed by atoms with E-state index in [4.69, 9.17) is 16.1 Å². The predicted octanol–water partition coefficient (Wildman–Crippen LogP) is 4.30. The Morgan fingerprint density at radius 1 is 1.15 bits per heavy atom. The Morgan fingerprint density at radius 2 is 1.91 bits per heavy atom. The number of nitrogens with one attached hydrogen (secondary N) is 2. The summed E-state index contributed by atoms with van der Waals surface area (Å²) in [4.78, 5) is 19.2. The molecule has 8 nitrogen and oxygen atoms in total. The Labute approximate surface area is 195 Å². The summed E-state index contributed by atoms with van der Waals surface area (Å²) in [7, 11) is 0. The number of piperidine rings is 1. The summed E-state index contributed by atoms with van der Waals surface area (Å²) in [5, 5.41) is 11.5. The second kappa shape index (κ2) is 8.81. The molecule has 0 saturated carbocycles. The van der Waals surface area contributed by atoms with Crippen molar-refractivity contribution in [3.63, 3.8) is 0 Å². The third-order valence-corrected chi connectivity index (χ3v) is 5.71. The van der Waals surface area contributed by atoms with Gasteiger partial charge in [0.2, 0.25) is 5.82 Å². The van der Waals surface area contributed by atoms with Crippen LogP contribution in [0.1, 0.15) is 30.0 Å². The number of hydrogen-bond acceptors (Lipinski definition) is 6. The van der Waals surface area contributed by atoms with Gasteiger partial charge in [0.05, 0.1) is 17.5 Å². The quantitative estimate of drug-likeness (QED) is 0.434. The molecule has 2 N–H and O–H groups in total. The van der Waals surface area contributed by atoms with Crippen LogP contribution < -0.4 is 10.9 Å². The summed E-state index contributed by atoms with van der Waals surface area (Å²) in [6.45, 7) is 1.67. The molecule has 174 valence electrons. The molecule has 0 bridgehead atoms. The Kier molecular flexibility index (Phi) is 6.21. The summed E-state index contributed by atoms with van der Waals surface area (Å²) < 4.78 is 47.2. The third-order valence-electron chi connectivity index (χ3n) is 5.48. The molecule has 4 heterocycles. The highest BCUT2D eigenvalue weighted by Gasteiger charge is 2.35. The van der Waals surface area contributed by atoms with E-state index in [9.17, 15) is 18.0 Å². The van der Waals surface area contributed by atoms with Crippen LogP contribution in [0.2, 0.25) is 5.02 Å². The van der Waals surface area contributed by atoms with E-state index in [0.29, 0.717) is 11.2 Å². The highest BCUT2D eigenvalue weighted by molar-refractivity contribution is 6.30. The van der Waals surface area contributed by atoms with Crippen LogP contribution in [0.15, 0.2) is 39.8 Å². The SMILES string of the molecule is Cl.O=c1cc(C2CCNCC2)n2ncc(-c3nc(-c4cc(Cl)ccc4C(F)(F)F)no3)c2[nH]1. The Hall–Kier alpha value is -2.89. The molecule has 3 aromatic heterocycles. The van der Waals surface area contributed by atoms with Crippen LogP contribution in [-0.2, 0) is 6.18 Å². The van der Waals surface area contributed by atoms with Crippen LogP contribution >= 0.6 is 24.0 Å². The molecule has 1 aliphatic heterocycles. The van der Waals surface area contributed by atoms with Gasteiger partial charge in [-0.1, -0.05) is 16.8 Å². The second-order valence-electron chi connectivity index (χ2n) is 7.51. The highest BCUT2D eigenvalue weighted by atomic mass is 35.5. The minimum absolute atomic E-state index is 0. The normalized spacial score (nSPS) is 15.0. The van der Waals surface area contributed by atoms with Crippen LogP contribution in [0.25, 0.3) is 28.5 Å². The number of hydrogen-bond donors (Lipinski definition) is 2. The predicted molar refractivity (Wildman–Crippen MR) is 117 cm³/mol. The van der Waals surface area contributed by atoms with E-state index in [1.165, 1.54) is 12.3 Å². The van der Waals surface area contributed by atoms with Gasteiger partial charge < -0.3 is 14.8 Å². The molecule has 4 aromatic rings. The first-order chi connectivity index (χ1) is 15.3. The van der Waals surface area contributed by atoms with Crippen molar-refractivity contribution in [3.8, 4) is 22.8 Å². The van der Waals surface area contributed by atoms with Crippen LogP contribution in [-0.4, -0.2) is 37.8 Å². The number of rotatable bonds is 3. The molecule has 0 radical (unpaired) electrons. The number of halogens is 5. The number of aromatic nitrogens is 5. The van der Waals surface area contributed by atoms with Gasteiger partial charge in [0, 0.05) is 22.6 Å². The molecular formula is C20H17Cl2F3N6O2. The van der Waals surface area contributed by atoms with Gasteiger partial charge in [-0.2, -0.15) is 23.3 Å². The van der Waals surface area contributed by atoms with Crippen molar-refractivity contribution < 1.29 is 17.7 Å². The third kappa shape index (κ3) is 4.35. The maximum atomic E-state index is 13.4. The Bertz CT molecular complexity index is 1360. The lowest BCUT2D eigenvalue weighted by Crippen LogP contribution is -2.28. The summed E-state index contributed by atoms with van der Waals surface area (Å²) in [6, 6.07) is 4.66. The molecule has 1 aliphatic rings. The van der Waals surface area contributed by atoms with Crippen molar-refractivity contribution in [2.24, 2.45) is 0 Å². The lowest BCUT2D eigenvalue weighted by Gasteiger charge is -2.23. The van der Waals surface area contributed by atoms with Gasteiger partial charge in [-0.25, -0.2) is 4.52 Å². The Balaban J connectivity index is 0.00000259. The van der Waals surface area contributed by atoms with E-state index in [-0.39, 0.29) is 46.2 Å². The highest BCUT2D eigenvalue weighted by Crippen LogP contribution is 2.38. The molecule has 0 unspecified atom stereocenters. The maximum absolute atomic E-state index is 13.4. The zero-order valence-electron chi connectivity index (χ0n) is 16.8. The largest absolute Gasteiger partial charge is 0.417 e. The van der Waals surface area contributed by atoms with Gasteiger partial charge in [0.1, 0.15) is 11.2 Å². The van der Waals surface area contributed by atoms with Crippen molar-refractivity contribution >= 4 is 29.7 Å². The van der Waals surface area contributed by atoms with Gasteiger partial charge in [0.25, 0.3) is 11.4 Å². The fraction of sp³-hybridized carbons (Fsp3) is 0.300. The van der Waals surface area contributed by atoms with Gasteiger partial charge in [-0.15, -0.1) is 12.4 Å². The van der Waals surface area contributed by atoms with Gasteiger partial charge in [0.15, 0.2) is 0 Å². The summed E-state index contributed by atoms with van der Waals surface area (Å²) >= 11 is 5.90. The van der Waals surface area contributed by atoms with E-state index in [1.54, 1.807) is 4.52 Å². The monoisotopic (exact) mass is 500 g/mol. The number of alkyl halides is 3. The second-order valence-corrected chi connectivity index (χ2v) is 7.95. The van der Waals surface area contributed by atoms with E-state index < -0.39 is 11.7 Å². The number of nitrogens with zero attached hydrogens (tertiary/aromatic N) is 4. The van der Waals surface area contributed by atoms with Crippen molar-refractivity contribution in [2.45, 2.75) is 24.9 Å². The molecule has 13 heteroatoms. The van der Waals surface area contributed by atoms with Crippen molar-refractivity contribution in [1.82, 2.24) is 30.1 Å².